The summed E-state index contributed by atoms with van der Waals surface area (Å²) in [5, 5.41) is 11.8. The molecular formula is C17H19BrN6O. The zero-order chi connectivity index (χ0) is 17.6. The van der Waals surface area contributed by atoms with Crippen LogP contribution < -0.4 is 10.1 Å². The molecule has 130 valence electrons. The minimum Gasteiger partial charge on any atom is -0.424 e. The van der Waals surface area contributed by atoms with E-state index < -0.39 is 0 Å². The van der Waals surface area contributed by atoms with Gasteiger partial charge in [-0.3, -0.25) is 0 Å². The second-order valence-electron chi connectivity index (χ2n) is 5.48. The lowest BCUT2D eigenvalue weighted by Crippen LogP contribution is -2.10. The molecule has 1 aromatic carbocycles. The van der Waals surface area contributed by atoms with Crippen molar-refractivity contribution < 1.29 is 4.74 Å². The average molecular weight is 403 g/mol. The van der Waals surface area contributed by atoms with Gasteiger partial charge in [-0.1, -0.05) is 13.0 Å². The van der Waals surface area contributed by atoms with Crippen molar-refractivity contribution in [2.75, 3.05) is 5.32 Å². The number of halogens is 1. The maximum absolute atomic E-state index is 5.68. The summed E-state index contributed by atoms with van der Waals surface area (Å²) in [4.78, 5) is 8.22. The van der Waals surface area contributed by atoms with Crippen molar-refractivity contribution in [2.24, 2.45) is 0 Å². The normalized spacial score (nSPS) is 10.7. The Balaban J connectivity index is 1.67. The molecule has 0 amide bonds. The van der Waals surface area contributed by atoms with Crippen LogP contribution in [0.25, 0.3) is 0 Å². The Labute approximate surface area is 154 Å². The summed E-state index contributed by atoms with van der Waals surface area (Å²) in [6.07, 6.45) is 4.34. The van der Waals surface area contributed by atoms with Crippen molar-refractivity contribution in [3.05, 3.63) is 52.8 Å². The number of nitrogens with zero attached hydrogens (tertiary/aromatic N) is 5. The van der Waals surface area contributed by atoms with E-state index in [1.165, 1.54) is 0 Å². The minimum absolute atomic E-state index is 0.304. The van der Waals surface area contributed by atoms with Gasteiger partial charge in [-0.05, 0) is 41.4 Å². The molecule has 0 fully saturated rings. The molecule has 0 bridgehead atoms. The van der Waals surface area contributed by atoms with E-state index in [0.717, 1.165) is 34.8 Å². The largest absolute Gasteiger partial charge is 0.424 e. The van der Waals surface area contributed by atoms with E-state index in [-0.39, 0.29) is 0 Å². The van der Waals surface area contributed by atoms with Crippen LogP contribution in [0.5, 0.6) is 11.8 Å². The van der Waals surface area contributed by atoms with Gasteiger partial charge < -0.3 is 14.6 Å². The van der Waals surface area contributed by atoms with Crippen LogP contribution in [0.4, 0.5) is 5.69 Å². The third kappa shape index (κ3) is 4.54. The molecular weight excluding hydrogens is 384 g/mol. The molecule has 25 heavy (non-hydrogen) atoms. The van der Waals surface area contributed by atoms with Crippen LogP contribution in [0, 0.1) is 6.92 Å². The fourth-order valence-corrected chi connectivity index (χ4v) is 2.58. The highest BCUT2D eigenvalue weighted by Crippen LogP contribution is 2.22. The number of rotatable bonds is 7. The first kappa shape index (κ1) is 17.3. The Morgan fingerprint density at radius 1 is 1.20 bits per heavy atom. The number of anilines is 1. The molecule has 2 aromatic heterocycles. The Morgan fingerprint density at radius 2 is 2.00 bits per heavy atom. The number of nitrogens with one attached hydrogen (secondary N) is 1. The highest BCUT2D eigenvalue weighted by Gasteiger charge is 2.08. The van der Waals surface area contributed by atoms with Crippen LogP contribution in [0.2, 0.25) is 0 Å². The first-order chi connectivity index (χ1) is 12.2. The van der Waals surface area contributed by atoms with E-state index in [1.807, 2.05) is 31.2 Å². The lowest BCUT2D eigenvalue weighted by atomic mass is 10.3. The number of aryl methyl sites for hydroxylation is 1. The van der Waals surface area contributed by atoms with E-state index in [4.69, 9.17) is 4.74 Å². The van der Waals surface area contributed by atoms with Crippen LogP contribution in [0.1, 0.15) is 25.0 Å². The van der Waals surface area contributed by atoms with Gasteiger partial charge in [-0.25, -0.2) is 9.97 Å². The lowest BCUT2D eigenvalue weighted by molar-refractivity contribution is 0.441. The summed E-state index contributed by atoms with van der Waals surface area (Å²) >= 11 is 3.30. The summed E-state index contributed by atoms with van der Waals surface area (Å²) < 4.78 is 8.61. The molecule has 7 nitrogen and oxygen atoms in total. The molecule has 0 saturated heterocycles. The minimum atomic E-state index is 0.304. The van der Waals surface area contributed by atoms with Crippen LogP contribution in [0.15, 0.2) is 41.1 Å². The topological polar surface area (TPSA) is 77.8 Å². The van der Waals surface area contributed by atoms with Gasteiger partial charge in [-0.2, -0.15) is 0 Å². The first-order valence-electron chi connectivity index (χ1n) is 8.03. The third-order valence-electron chi connectivity index (χ3n) is 3.55. The summed E-state index contributed by atoms with van der Waals surface area (Å²) in [6, 6.07) is 7.96. The summed E-state index contributed by atoms with van der Waals surface area (Å²) in [5.41, 5.74) is 0.929. The molecule has 0 aliphatic carbocycles. The average Bonchev–Trinajstić information content (AvgIpc) is 2.96. The molecule has 0 aliphatic heterocycles. The van der Waals surface area contributed by atoms with Gasteiger partial charge in [0.15, 0.2) is 5.82 Å². The fourth-order valence-electron chi connectivity index (χ4n) is 2.38. The van der Waals surface area contributed by atoms with Gasteiger partial charge in [-0.15, -0.1) is 10.2 Å². The number of hydrogen-bond acceptors (Lipinski definition) is 6. The number of ether oxygens (including phenoxy) is 1. The highest BCUT2D eigenvalue weighted by atomic mass is 79.9. The fraction of sp³-hybridized carbons (Fsp3) is 0.294. The molecule has 1 N–H and O–H groups in total. The zero-order valence-electron chi connectivity index (χ0n) is 14.1. The van der Waals surface area contributed by atoms with Gasteiger partial charge in [0.2, 0.25) is 0 Å². The first-order valence-corrected chi connectivity index (χ1v) is 8.83. The molecule has 0 spiro atoms. The van der Waals surface area contributed by atoms with Crippen molar-refractivity contribution in [1.29, 1.82) is 0 Å². The SMILES string of the molecule is CCCn1c(C)nnc1CNc1cccc(Oc2ncc(Br)cn2)c1. The second-order valence-corrected chi connectivity index (χ2v) is 6.40. The van der Waals surface area contributed by atoms with E-state index >= 15 is 0 Å². The molecule has 0 aliphatic rings. The van der Waals surface area contributed by atoms with Gasteiger partial charge in [0.05, 0.1) is 11.0 Å². The highest BCUT2D eigenvalue weighted by molar-refractivity contribution is 9.10. The summed E-state index contributed by atoms with van der Waals surface area (Å²) in [7, 11) is 0. The van der Waals surface area contributed by atoms with Crippen molar-refractivity contribution in [2.45, 2.75) is 33.4 Å². The van der Waals surface area contributed by atoms with Crippen molar-refractivity contribution in [1.82, 2.24) is 24.7 Å². The molecule has 2 heterocycles. The quantitative estimate of drug-likeness (QED) is 0.644. The zero-order valence-corrected chi connectivity index (χ0v) is 15.7. The monoisotopic (exact) mass is 402 g/mol. The van der Waals surface area contributed by atoms with Crippen LogP contribution in [-0.4, -0.2) is 24.7 Å². The van der Waals surface area contributed by atoms with Gasteiger partial charge in [0.25, 0.3) is 0 Å². The smallest absolute Gasteiger partial charge is 0.321 e. The Hall–Kier alpha value is -2.48. The Bertz CT molecular complexity index is 833. The summed E-state index contributed by atoms with van der Waals surface area (Å²) in [6.45, 7) is 5.62. The van der Waals surface area contributed by atoms with Crippen molar-refractivity contribution >= 4 is 21.6 Å². The maximum Gasteiger partial charge on any atom is 0.321 e. The van der Waals surface area contributed by atoms with Gasteiger partial charge >= 0.3 is 6.01 Å². The molecule has 0 unspecified atom stereocenters. The van der Waals surface area contributed by atoms with Crippen molar-refractivity contribution in [3.63, 3.8) is 0 Å². The van der Waals surface area contributed by atoms with Gasteiger partial charge in [0.1, 0.15) is 11.6 Å². The van der Waals surface area contributed by atoms with E-state index in [2.05, 4.69) is 52.9 Å². The van der Waals surface area contributed by atoms with Crippen LogP contribution >= 0.6 is 15.9 Å². The molecule has 0 saturated carbocycles. The second kappa shape index (κ2) is 8.06. The predicted octanol–water partition coefficient (Wildman–Crippen LogP) is 3.95. The number of hydrogen-bond donors (Lipinski definition) is 1. The van der Waals surface area contributed by atoms with Crippen molar-refractivity contribution in [3.8, 4) is 11.8 Å². The molecule has 3 rings (SSSR count). The number of benzene rings is 1. The van der Waals surface area contributed by atoms with Crippen LogP contribution in [0.3, 0.4) is 0 Å². The van der Waals surface area contributed by atoms with E-state index in [1.54, 1.807) is 12.4 Å². The molecule has 8 heteroatoms. The van der Waals surface area contributed by atoms with Crippen LogP contribution in [-0.2, 0) is 13.1 Å². The van der Waals surface area contributed by atoms with E-state index in [0.29, 0.717) is 18.3 Å². The van der Waals surface area contributed by atoms with Gasteiger partial charge in [0, 0.05) is 30.7 Å². The summed E-state index contributed by atoms with van der Waals surface area (Å²) in [5.74, 6) is 2.52. The molecule has 0 atom stereocenters. The number of aromatic nitrogens is 5. The van der Waals surface area contributed by atoms with E-state index in [9.17, 15) is 0 Å². The Morgan fingerprint density at radius 3 is 2.76 bits per heavy atom. The Kier molecular flexibility index (Phi) is 5.60. The standard InChI is InChI=1S/C17H19BrN6O/c1-3-7-24-12(2)22-23-16(24)11-19-14-5-4-6-15(8-14)25-17-20-9-13(18)10-21-17/h4-6,8-10,19H,3,7,11H2,1-2H3. The molecule has 0 radical (unpaired) electrons. The predicted molar refractivity (Wildman–Crippen MR) is 98.6 cm³/mol. The lowest BCUT2D eigenvalue weighted by Gasteiger charge is -2.10. The molecule has 3 aromatic rings. The maximum atomic E-state index is 5.68. The third-order valence-corrected chi connectivity index (χ3v) is 3.96.